The van der Waals surface area contributed by atoms with Crippen LogP contribution in [0.1, 0.15) is 37.3 Å². The Bertz CT molecular complexity index is 993. The molecule has 162 valence electrons. The first-order valence-corrected chi connectivity index (χ1v) is 11.8. The van der Waals surface area contributed by atoms with Gasteiger partial charge in [-0.15, -0.1) is 0 Å². The number of amides is 1. The lowest BCUT2D eigenvalue weighted by Crippen LogP contribution is -2.46. The number of nitrogens with one attached hydrogen (secondary N) is 2. The molecule has 0 spiro atoms. The first kappa shape index (κ1) is 22.2. The van der Waals surface area contributed by atoms with Crippen molar-refractivity contribution in [2.75, 3.05) is 22.3 Å². The van der Waals surface area contributed by atoms with Crippen molar-refractivity contribution in [1.29, 1.82) is 0 Å². The van der Waals surface area contributed by atoms with Gasteiger partial charge in [0.2, 0.25) is 15.9 Å². The van der Waals surface area contributed by atoms with Gasteiger partial charge in [0.1, 0.15) is 5.82 Å². The Morgan fingerprint density at radius 2 is 1.90 bits per heavy atom. The summed E-state index contributed by atoms with van der Waals surface area (Å²) in [5.41, 5.74) is 2.84. The normalized spacial score (nSPS) is 17.5. The molecule has 2 aromatic carbocycles. The molecule has 1 heterocycles. The second-order valence-corrected chi connectivity index (χ2v) is 9.64. The van der Waals surface area contributed by atoms with Crippen LogP contribution in [0.4, 0.5) is 15.8 Å². The number of sulfonamides is 1. The third-order valence-electron chi connectivity index (χ3n) is 5.35. The number of hydrogen-bond donors (Lipinski definition) is 2. The van der Waals surface area contributed by atoms with Gasteiger partial charge in [0.05, 0.1) is 17.5 Å². The van der Waals surface area contributed by atoms with Crippen molar-refractivity contribution < 1.29 is 17.6 Å². The second-order valence-electron chi connectivity index (χ2n) is 7.63. The van der Waals surface area contributed by atoms with E-state index in [0.29, 0.717) is 17.9 Å². The Morgan fingerprint density at radius 1 is 1.17 bits per heavy atom. The van der Waals surface area contributed by atoms with E-state index in [1.54, 1.807) is 44.2 Å². The van der Waals surface area contributed by atoms with E-state index >= 15 is 0 Å². The third-order valence-corrected chi connectivity index (χ3v) is 6.65. The van der Waals surface area contributed by atoms with Gasteiger partial charge < -0.3 is 5.32 Å². The molecule has 2 N–H and O–H groups in total. The Kier molecular flexibility index (Phi) is 7.10. The fourth-order valence-corrected chi connectivity index (χ4v) is 4.33. The highest BCUT2D eigenvalue weighted by Crippen LogP contribution is 2.24. The van der Waals surface area contributed by atoms with E-state index in [1.165, 1.54) is 12.1 Å². The number of nitrogens with zero attached hydrogens (tertiary/aromatic N) is 1. The number of rotatable bonds is 7. The highest BCUT2D eigenvalue weighted by molar-refractivity contribution is 7.92. The van der Waals surface area contributed by atoms with Crippen LogP contribution < -0.4 is 10.0 Å². The molecule has 1 atom stereocenters. The van der Waals surface area contributed by atoms with E-state index in [-0.39, 0.29) is 23.5 Å². The Labute approximate surface area is 177 Å². The van der Waals surface area contributed by atoms with E-state index in [4.69, 9.17) is 0 Å². The maximum Gasteiger partial charge on any atom is 0.241 e. The maximum atomic E-state index is 13.2. The SMILES string of the molecule is CCS(=O)(=O)Nc1ccc(NC(=O)[C@H]2CCCCN2Cc2ccc(F)cc2)cc1C. The van der Waals surface area contributed by atoms with Crippen molar-refractivity contribution in [1.82, 2.24) is 4.90 Å². The minimum atomic E-state index is -3.36. The predicted molar refractivity (Wildman–Crippen MR) is 117 cm³/mol. The summed E-state index contributed by atoms with van der Waals surface area (Å²) < 4.78 is 39.3. The highest BCUT2D eigenvalue weighted by atomic mass is 32.2. The van der Waals surface area contributed by atoms with Crippen molar-refractivity contribution in [2.45, 2.75) is 45.7 Å². The summed E-state index contributed by atoms with van der Waals surface area (Å²) in [6.45, 7) is 4.78. The minimum absolute atomic E-state index is 0.00347. The number of carbonyl (C=O) groups excluding carboxylic acids is 1. The summed E-state index contributed by atoms with van der Waals surface area (Å²) in [6, 6.07) is 11.2. The molecule has 1 aliphatic rings. The lowest BCUT2D eigenvalue weighted by atomic mass is 10.00. The zero-order valence-corrected chi connectivity index (χ0v) is 18.1. The molecule has 0 aliphatic carbocycles. The van der Waals surface area contributed by atoms with E-state index in [0.717, 1.165) is 36.9 Å². The van der Waals surface area contributed by atoms with Crippen molar-refractivity contribution in [3.05, 3.63) is 59.4 Å². The van der Waals surface area contributed by atoms with E-state index in [1.807, 2.05) is 0 Å². The molecule has 0 unspecified atom stereocenters. The van der Waals surface area contributed by atoms with Crippen LogP contribution in [0.2, 0.25) is 0 Å². The molecule has 8 heteroatoms. The van der Waals surface area contributed by atoms with Gasteiger partial charge in [-0.3, -0.25) is 14.4 Å². The average Bonchev–Trinajstić information content (AvgIpc) is 2.72. The van der Waals surface area contributed by atoms with Crippen LogP contribution in [-0.2, 0) is 21.4 Å². The zero-order chi connectivity index (χ0) is 21.7. The third kappa shape index (κ3) is 5.79. The number of hydrogen-bond acceptors (Lipinski definition) is 4. The number of likely N-dealkylation sites (tertiary alicyclic amines) is 1. The van der Waals surface area contributed by atoms with E-state index < -0.39 is 10.0 Å². The zero-order valence-electron chi connectivity index (χ0n) is 17.3. The number of aryl methyl sites for hydroxylation is 1. The van der Waals surface area contributed by atoms with Gasteiger partial charge >= 0.3 is 0 Å². The molecule has 3 rings (SSSR count). The van der Waals surface area contributed by atoms with Crippen molar-refractivity contribution in [2.24, 2.45) is 0 Å². The lowest BCUT2D eigenvalue weighted by molar-refractivity contribution is -0.122. The molecule has 1 amide bonds. The number of halogens is 1. The Hall–Kier alpha value is -2.45. The fourth-order valence-electron chi connectivity index (χ4n) is 3.62. The molecule has 0 saturated carbocycles. The number of piperidine rings is 1. The quantitative estimate of drug-likeness (QED) is 0.694. The lowest BCUT2D eigenvalue weighted by Gasteiger charge is -2.34. The van der Waals surface area contributed by atoms with Gasteiger partial charge in [0, 0.05) is 12.2 Å². The molecule has 1 fully saturated rings. The van der Waals surface area contributed by atoms with E-state index in [2.05, 4.69) is 14.9 Å². The van der Waals surface area contributed by atoms with Crippen LogP contribution >= 0.6 is 0 Å². The summed E-state index contributed by atoms with van der Waals surface area (Å²) in [7, 11) is -3.36. The highest BCUT2D eigenvalue weighted by Gasteiger charge is 2.28. The molecule has 2 aromatic rings. The van der Waals surface area contributed by atoms with Crippen molar-refractivity contribution in [3.63, 3.8) is 0 Å². The smallest absolute Gasteiger partial charge is 0.241 e. The van der Waals surface area contributed by atoms with Gasteiger partial charge in [-0.2, -0.15) is 0 Å². The van der Waals surface area contributed by atoms with Gasteiger partial charge in [-0.1, -0.05) is 18.6 Å². The van der Waals surface area contributed by atoms with Crippen LogP contribution in [0.25, 0.3) is 0 Å². The van der Waals surface area contributed by atoms with Gasteiger partial charge in [-0.05, 0) is 74.7 Å². The molecule has 30 heavy (non-hydrogen) atoms. The van der Waals surface area contributed by atoms with Crippen LogP contribution in [0.3, 0.4) is 0 Å². The van der Waals surface area contributed by atoms with Crippen LogP contribution in [-0.4, -0.2) is 37.6 Å². The number of carbonyl (C=O) groups is 1. The summed E-state index contributed by atoms with van der Waals surface area (Å²) in [5.74, 6) is -0.360. The molecular formula is C22H28FN3O3S. The monoisotopic (exact) mass is 433 g/mol. The maximum absolute atomic E-state index is 13.2. The van der Waals surface area contributed by atoms with E-state index in [9.17, 15) is 17.6 Å². The first-order chi connectivity index (χ1) is 14.3. The van der Waals surface area contributed by atoms with Crippen molar-refractivity contribution in [3.8, 4) is 0 Å². The summed E-state index contributed by atoms with van der Waals surface area (Å²) in [4.78, 5) is 15.1. The number of anilines is 2. The topological polar surface area (TPSA) is 78.5 Å². The van der Waals surface area contributed by atoms with Gasteiger partial charge in [0.25, 0.3) is 0 Å². The summed E-state index contributed by atoms with van der Waals surface area (Å²) >= 11 is 0. The van der Waals surface area contributed by atoms with Gasteiger partial charge in [-0.25, -0.2) is 12.8 Å². The average molecular weight is 434 g/mol. The minimum Gasteiger partial charge on any atom is -0.325 e. The Morgan fingerprint density at radius 3 is 2.57 bits per heavy atom. The first-order valence-electron chi connectivity index (χ1n) is 10.2. The standard InChI is InChI=1S/C22H28FN3O3S/c1-3-30(28,29)25-20-12-11-19(14-16(20)2)24-22(27)21-6-4-5-13-26(21)15-17-7-9-18(23)10-8-17/h7-12,14,21,25H,3-6,13,15H2,1-2H3,(H,24,27)/t21-/m1/s1. The summed E-state index contributed by atoms with van der Waals surface area (Å²) in [6.07, 6.45) is 2.77. The van der Waals surface area contributed by atoms with Crippen LogP contribution in [0.5, 0.6) is 0 Å². The second kappa shape index (κ2) is 9.57. The molecule has 1 saturated heterocycles. The summed E-state index contributed by atoms with van der Waals surface area (Å²) in [5, 5.41) is 2.96. The molecule has 0 bridgehead atoms. The van der Waals surface area contributed by atoms with Crippen LogP contribution in [0, 0.1) is 12.7 Å². The number of benzene rings is 2. The fraction of sp³-hybridized carbons (Fsp3) is 0.409. The predicted octanol–water partition coefficient (Wildman–Crippen LogP) is 3.89. The van der Waals surface area contributed by atoms with Crippen molar-refractivity contribution >= 4 is 27.3 Å². The molecular weight excluding hydrogens is 405 g/mol. The molecule has 1 aliphatic heterocycles. The van der Waals surface area contributed by atoms with Gasteiger partial charge in [0.15, 0.2) is 0 Å². The largest absolute Gasteiger partial charge is 0.325 e. The van der Waals surface area contributed by atoms with Crippen LogP contribution in [0.15, 0.2) is 42.5 Å². The molecule has 0 aromatic heterocycles. The Balaban J connectivity index is 1.68. The molecule has 6 nitrogen and oxygen atoms in total. The molecule has 0 radical (unpaired) electrons.